The molecular formula is C96H66N4. The first-order valence-electron chi connectivity index (χ1n) is 34.3. The van der Waals surface area contributed by atoms with Crippen LogP contribution in [0.3, 0.4) is 0 Å². The average Bonchev–Trinajstić information content (AvgIpc) is 0.772. The maximum absolute atomic E-state index is 2.43. The van der Waals surface area contributed by atoms with Gasteiger partial charge in [-0.3, -0.25) is 0 Å². The summed E-state index contributed by atoms with van der Waals surface area (Å²) in [5.41, 5.74) is 20.0. The molecule has 18 aromatic rings. The van der Waals surface area contributed by atoms with Crippen molar-refractivity contribution in [1.29, 1.82) is 0 Å². The van der Waals surface area contributed by atoms with Crippen LogP contribution >= 0.6 is 0 Å². The third-order valence-electron chi connectivity index (χ3n) is 19.7. The fraction of sp³-hybridized carbons (Fsp3) is 0. The van der Waals surface area contributed by atoms with Crippen molar-refractivity contribution in [1.82, 2.24) is 0 Å². The van der Waals surface area contributed by atoms with Gasteiger partial charge in [0, 0.05) is 67.0 Å². The number of hydrogen-bond acceptors (Lipinski definition) is 4. The molecule has 100 heavy (non-hydrogen) atoms. The van der Waals surface area contributed by atoms with E-state index in [1.165, 1.54) is 53.9 Å². The monoisotopic (exact) mass is 1270 g/mol. The van der Waals surface area contributed by atoms with Crippen LogP contribution in [-0.4, -0.2) is 0 Å². The topological polar surface area (TPSA) is 13.0 Å². The second-order valence-electron chi connectivity index (χ2n) is 25.7. The third kappa shape index (κ3) is 11.1. The number of anilines is 12. The van der Waals surface area contributed by atoms with E-state index < -0.39 is 0 Å². The van der Waals surface area contributed by atoms with E-state index >= 15 is 0 Å². The Bertz CT molecular complexity index is 6030. The number of para-hydroxylation sites is 1. The van der Waals surface area contributed by atoms with Crippen molar-refractivity contribution < 1.29 is 0 Å². The Morgan fingerprint density at radius 2 is 0.400 bits per heavy atom. The lowest BCUT2D eigenvalue weighted by Gasteiger charge is -2.28. The van der Waals surface area contributed by atoms with Crippen LogP contribution in [0.4, 0.5) is 68.2 Å². The largest absolute Gasteiger partial charge is 0.310 e. The highest BCUT2D eigenvalue weighted by atomic mass is 15.2. The van der Waals surface area contributed by atoms with Gasteiger partial charge in [-0.1, -0.05) is 279 Å². The third-order valence-corrected chi connectivity index (χ3v) is 19.7. The van der Waals surface area contributed by atoms with Gasteiger partial charge in [-0.15, -0.1) is 0 Å². The van der Waals surface area contributed by atoms with Crippen molar-refractivity contribution in [3.05, 3.63) is 400 Å². The minimum Gasteiger partial charge on any atom is -0.310 e. The Kier molecular flexibility index (Phi) is 15.2. The van der Waals surface area contributed by atoms with Gasteiger partial charge >= 0.3 is 0 Å². The molecule has 0 aliphatic carbocycles. The predicted octanol–water partition coefficient (Wildman–Crippen LogP) is 27.5. The van der Waals surface area contributed by atoms with Crippen molar-refractivity contribution in [3.63, 3.8) is 0 Å². The van der Waals surface area contributed by atoms with E-state index in [0.29, 0.717) is 0 Å². The Labute approximate surface area is 582 Å². The molecule has 18 aromatic carbocycles. The van der Waals surface area contributed by atoms with E-state index in [2.05, 4.69) is 420 Å². The molecule has 0 aromatic heterocycles. The molecule has 0 fully saturated rings. The zero-order valence-corrected chi connectivity index (χ0v) is 54.9. The highest BCUT2D eigenvalue weighted by Gasteiger charge is 2.23. The molecular weight excluding hydrogens is 1210 g/mol. The molecule has 0 N–H and O–H groups in total. The Morgan fingerprint density at radius 3 is 0.830 bits per heavy atom. The molecule has 0 aliphatic rings. The van der Waals surface area contributed by atoms with Gasteiger partial charge in [0.15, 0.2) is 0 Å². The van der Waals surface area contributed by atoms with E-state index in [0.717, 1.165) is 112 Å². The van der Waals surface area contributed by atoms with E-state index in [-0.39, 0.29) is 0 Å². The van der Waals surface area contributed by atoms with Crippen LogP contribution in [-0.2, 0) is 0 Å². The summed E-state index contributed by atoms with van der Waals surface area (Å²) in [6.07, 6.45) is 0. The van der Waals surface area contributed by atoms with Crippen LogP contribution in [0.25, 0.3) is 98.0 Å². The zero-order chi connectivity index (χ0) is 66.3. The predicted molar refractivity (Wildman–Crippen MR) is 427 cm³/mol. The summed E-state index contributed by atoms with van der Waals surface area (Å²) >= 11 is 0. The Balaban J connectivity index is 0.689. The van der Waals surface area contributed by atoms with E-state index in [1.54, 1.807) is 0 Å². The van der Waals surface area contributed by atoms with Gasteiger partial charge in [-0.05, 0) is 198 Å². The summed E-state index contributed by atoms with van der Waals surface area (Å²) in [7, 11) is 0. The summed E-state index contributed by atoms with van der Waals surface area (Å²) in [5, 5.41) is 14.3. The van der Waals surface area contributed by atoms with Gasteiger partial charge in [0.25, 0.3) is 0 Å². The lowest BCUT2D eigenvalue weighted by Crippen LogP contribution is -2.11. The SMILES string of the molecule is c1ccc(N(c2ccc(-c3ccc(N(c4cccc(-c5cccc6c(N(c7ccc(-c8ccc(N(c9ccc%10ccccc%10c9)c9cccc%10ccccc9%10)cc8)cc7)c7ccc8ccccc8c7)cccc56)c4)c4cccc5ccccc45)cc3)cc2)c2cccc3ccccc23)cc1. The number of rotatable bonds is 15. The van der Waals surface area contributed by atoms with Crippen molar-refractivity contribution >= 4 is 133 Å². The van der Waals surface area contributed by atoms with Crippen LogP contribution in [0.5, 0.6) is 0 Å². The molecule has 470 valence electrons. The molecule has 0 spiro atoms. The lowest BCUT2D eigenvalue weighted by molar-refractivity contribution is 1.29. The van der Waals surface area contributed by atoms with Crippen LogP contribution in [0.15, 0.2) is 400 Å². The summed E-state index contributed by atoms with van der Waals surface area (Å²) in [6.45, 7) is 0. The maximum Gasteiger partial charge on any atom is 0.0540 e. The van der Waals surface area contributed by atoms with E-state index in [4.69, 9.17) is 0 Å². The molecule has 0 radical (unpaired) electrons. The molecule has 18 rings (SSSR count). The van der Waals surface area contributed by atoms with Crippen LogP contribution in [0.1, 0.15) is 0 Å². The number of fused-ring (bicyclic) bond motifs is 6. The van der Waals surface area contributed by atoms with Crippen molar-refractivity contribution in [3.8, 4) is 33.4 Å². The summed E-state index contributed by atoms with van der Waals surface area (Å²) in [6, 6.07) is 146. The molecule has 0 saturated carbocycles. The molecule has 0 bridgehead atoms. The highest BCUT2D eigenvalue weighted by Crippen LogP contribution is 2.47. The van der Waals surface area contributed by atoms with Crippen LogP contribution in [0.2, 0.25) is 0 Å². The van der Waals surface area contributed by atoms with Crippen molar-refractivity contribution in [2.24, 2.45) is 0 Å². The fourth-order valence-electron chi connectivity index (χ4n) is 14.9. The standard InChI is InChI=1S/C96H66N4/c1-2-31-79(32-3-1)97(93-40-15-27-73-22-8-11-34-88(73)93)80-54-44-69(45-55-80)70-46-56-81(57-47-70)98(94-41-16-28-74-23-9-12-35-89(74)94)84-33-14-30-78(66-84)87-37-18-39-92-91(87)38-19-43-96(92)100(86-63-53-68-21-5-7-26-77(68)65-86)83-60-50-72(51-61-83)71-48-58-82(59-49-71)99(85-62-52-67-20-4-6-25-76(67)64-85)95-42-17-29-75-24-10-13-36-90(75)95/h1-66H. The van der Waals surface area contributed by atoms with E-state index in [9.17, 15) is 0 Å². The highest BCUT2D eigenvalue weighted by molar-refractivity contribution is 6.08. The molecule has 0 atom stereocenters. The van der Waals surface area contributed by atoms with Gasteiger partial charge < -0.3 is 19.6 Å². The smallest absolute Gasteiger partial charge is 0.0540 e. The second kappa shape index (κ2) is 25.7. The molecule has 0 unspecified atom stereocenters. The second-order valence-corrected chi connectivity index (χ2v) is 25.7. The first kappa shape index (κ1) is 59.2. The number of benzene rings is 18. The normalized spacial score (nSPS) is 11.4. The number of nitrogens with zero attached hydrogens (tertiary/aromatic N) is 4. The summed E-state index contributed by atoms with van der Waals surface area (Å²) in [5.74, 6) is 0. The van der Waals surface area contributed by atoms with Gasteiger partial charge in [0.2, 0.25) is 0 Å². The van der Waals surface area contributed by atoms with E-state index in [1.807, 2.05) is 0 Å². The maximum atomic E-state index is 2.43. The van der Waals surface area contributed by atoms with Gasteiger partial charge in [-0.25, -0.2) is 0 Å². The van der Waals surface area contributed by atoms with Gasteiger partial charge in [0.05, 0.1) is 22.7 Å². The quantitative estimate of drug-likeness (QED) is 0.101. The fourth-order valence-corrected chi connectivity index (χ4v) is 14.9. The molecule has 0 heterocycles. The molecule has 4 heteroatoms. The first-order valence-corrected chi connectivity index (χ1v) is 34.3. The summed E-state index contributed by atoms with van der Waals surface area (Å²) < 4.78 is 0. The minimum absolute atomic E-state index is 1.06. The average molecular weight is 1280 g/mol. The molecule has 4 nitrogen and oxygen atoms in total. The zero-order valence-electron chi connectivity index (χ0n) is 54.9. The summed E-state index contributed by atoms with van der Waals surface area (Å²) in [4.78, 5) is 9.60. The van der Waals surface area contributed by atoms with Crippen LogP contribution in [0, 0.1) is 0 Å². The molecule has 0 aliphatic heterocycles. The van der Waals surface area contributed by atoms with Crippen molar-refractivity contribution in [2.75, 3.05) is 19.6 Å². The lowest BCUT2D eigenvalue weighted by atomic mass is 9.95. The van der Waals surface area contributed by atoms with Crippen LogP contribution < -0.4 is 19.6 Å². The van der Waals surface area contributed by atoms with Gasteiger partial charge in [0.1, 0.15) is 0 Å². The van der Waals surface area contributed by atoms with Gasteiger partial charge in [-0.2, -0.15) is 0 Å². The first-order chi connectivity index (χ1) is 49.6. The Morgan fingerprint density at radius 1 is 0.130 bits per heavy atom. The van der Waals surface area contributed by atoms with Crippen molar-refractivity contribution in [2.45, 2.75) is 0 Å². The Hall–Kier alpha value is -13.3. The molecule has 0 amide bonds. The minimum atomic E-state index is 1.06. The number of hydrogen-bond donors (Lipinski definition) is 0. The molecule has 0 saturated heterocycles.